The first kappa shape index (κ1) is 28.9. The predicted octanol–water partition coefficient (Wildman–Crippen LogP) is 11.5. The van der Waals surface area contributed by atoms with Crippen molar-refractivity contribution in [2.45, 2.75) is 0 Å². The van der Waals surface area contributed by atoms with E-state index in [1.54, 1.807) is 0 Å². The molecule has 4 heteroatoms. The summed E-state index contributed by atoms with van der Waals surface area (Å²) in [6, 6.07) is 57.6. The van der Waals surface area contributed by atoms with E-state index in [1.807, 2.05) is 43.0 Å². The first-order chi connectivity index (χ1) is 25.3. The van der Waals surface area contributed by atoms with Crippen LogP contribution in [0.15, 0.2) is 170 Å². The van der Waals surface area contributed by atoms with Crippen molar-refractivity contribution in [3.8, 4) is 50.5 Å². The smallest absolute Gasteiger partial charge is 0.0887 e. The maximum atomic E-state index is 4.90. The summed E-state index contributed by atoms with van der Waals surface area (Å²) >= 11 is 0. The third-order valence-electron chi connectivity index (χ3n) is 9.84. The van der Waals surface area contributed by atoms with Gasteiger partial charge in [0.15, 0.2) is 0 Å². The maximum Gasteiger partial charge on any atom is 0.0887 e. The molecule has 0 N–H and O–H groups in total. The molecule has 4 nitrogen and oxygen atoms in total. The van der Waals surface area contributed by atoms with Gasteiger partial charge in [0.25, 0.3) is 0 Å². The van der Waals surface area contributed by atoms with E-state index < -0.39 is 0 Å². The normalized spacial score (nSPS) is 11.4. The predicted molar refractivity (Wildman–Crippen MR) is 209 cm³/mol. The lowest BCUT2D eigenvalue weighted by Gasteiger charge is -2.18. The van der Waals surface area contributed by atoms with E-state index in [1.165, 1.54) is 38.1 Å². The SMILES string of the molecule is c1cccc(-c2c3ccccc3c(-c3ccccc3)c3ccc(-c4ccc(-c5ccc(-n6c7ccccc7c7cnccc76)cn5)nc4)cc23)c#1. The average Bonchev–Trinajstić information content (AvgIpc) is 3.55. The molecule has 0 aliphatic carbocycles. The fourth-order valence-electron chi connectivity index (χ4n) is 7.54. The summed E-state index contributed by atoms with van der Waals surface area (Å²) in [5.74, 6) is 0. The topological polar surface area (TPSA) is 43.6 Å². The summed E-state index contributed by atoms with van der Waals surface area (Å²) in [4.78, 5) is 14.1. The van der Waals surface area contributed by atoms with E-state index >= 15 is 0 Å². The van der Waals surface area contributed by atoms with Crippen molar-refractivity contribution in [1.82, 2.24) is 19.5 Å². The maximum absolute atomic E-state index is 4.90. The van der Waals surface area contributed by atoms with Crippen LogP contribution in [-0.4, -0.2) is 19.5 Å². The van der Waals surface area contributed by atoms with Gasteiger partial charge in [-0.15, -0.1) is 0 Å². The highest BCUT2D eigenvalue weighted by molar-refractivity contribution is 6.21. The molecule has 0 saturated carbocycles. The van der Waals surface area contributed by atoms with Gasteiger partial charge in [0.05, 0.1) is 34.3 Å². The molecule has 6 aromatic carbocycles. The van der Waals surface area contributed by atoms with Crippen molar-refractivity contribution >= 4 is 43.4 Å². The van der Waals surface area contributed by atoms with E-state index in [2.05, 4.69) is 149 Å². The largest absolute Gasteiger partial charge is 0.308 e. The number of hydrogen-bond acceptors (Lipinski definition) is 3. The second kappa shape index (κ2) is 11.8. The monoisotopic (exact) mass is 648 g/mol. The van der Waals surface area contributed by atoms with E-state index in [0.29, 0.717) is 0 Å². The average molecular weight is 649 g/mol. The minimum Gasteiger partial charge on any atom is -0.308 e. The van der Waals surface area contributed by atoms with Gasteiger partial charge < -0.3 is 4.57 Å². The highest BCUT2D eigenvalue weighted by Crippen LogP contribution is 2.44. The van der Waals surface area contributed by atoms with Gasteiger partial charge >= 0.3 is 0 Å². The lowest BCUT2D eigenvalue weighted by atomic mass is 9.85. The number of para-hydroxylation sites is 1. The molecule has 0 radical (unpaired) electrons. The lowest BCUT2D eigenvalue weighted by Crippen LogP contribution is -1.96. The van der Waals surface area contributed by atoms with Gasteiger partial charge in [0.2, 0.25) is 0 Å². The molecular formula is C47H28N4. The molecule has 51 heavy (non-hydrogen) atoms. The van der Waals surface area contributed by atoms with Crippen molar-refractivity contribution in [2.24, 2.45) is 0 Å². The molecule has 0 aliphatic rings. The van der Waals surface area contributed by atoms with E-state index in [-0.39, 0.29) is 0 Å². The molecule has 0 fully saturated rings. The summed E-state index contributed by atoms with van der Waals surface area (Å²) in [5, 5.41) is 7.08. The Kier molecular flexibility index (Phi) is 6.68. The Morgan fingerprint density at radius 3 is 1.92 bits per heavy atom. The van der Waals surface area contributed by atoms with Gasteiger partial charge in [-0.05, 0) is 86.8 Å². The van der Waals surface area contributed by atoms with Crippen molar-refractivity contribution in [1.29, 1.82) is 0 Å². The summed E-state index contributed by atoms with van der Waals surface area (Å²) < 4.78 is 2.24. The zero-order chi connectivity index (χ0) is 33.7. The second-order valence-electron chi connectivity index (χ2n) is 12.7. The third kappa shape index (κ3) is 4.75. The molecule has 0 unspecified atom stereocenters. The zero-order valence-electron chi connectivity index (χ0n) is 27.5. The summed E-state index contributed by atoms with van der Waals surface area (Å²) in [6.45, 7) is 0. The van der Waals surface area contributed by atoms with E-state index in [4.69, 9.17) is 9.97 Å². The van der Waals surface area contributed by atoms with Crippen molar-refractivity contribution in [2.75, 3.05) is 0 Å². The summed E-state index contributed by atoms with van der Waals surface area (Å²) in [7, 11) is 0. The Labute approximate surface area is 295 Å². The number of benzene rings is 5. The molecule has 0 atom stereocenters. The molecule has 4 heterocycles. The number of pyridine rings is 3. The van der Waals surface area contributed by atoms with Crippen LogP contribution in [0.2, 0.25) is 0 Å². The van der Waals surface area contributed by atoms with Crippen molar-refractivity contribution in [3.63, 3.8) is 0 Å². The highest BCUT2D eigenvalue weighted by Gasteiger charge is 2.18. The second-order valence-corrected chi connectivity index (χ2v) is 12.7. The fourth-order valence-corrected chi connectivity index (χ4v) is 7.54. The van der Waals surface area contributed by atoms with Crippen LogP contribution in [-0.2, 0) is 0 Å². The first-order valence-electron chi connectivity index (χ1n) is 17.0. The Bertz CT molecular complexity index is 2820. The van der Waals surface area contributed by atoms with Crippen LogP contribution in [0.5, 0.6) is 0 Å². The fraction of sp³-hybridized carbons (Fsp3) is 0. The van der Waals surface area contributed by atoms with Crippen LogP contribution in [0.25, 0.3) is 93.8 Å². The Morgan fingerprint density at radius 2 is 1.16 bits per heavy atom. The van der Waals surface area contributed by atoms with E-state index in [0.717, 1.165) is 55.7 Å². The molecule has 4 aromatic heterocycles. The number of nitrogens with zero attached hydrogens (tertiary/aromatic N) is 4. The highest BCUT2D eigenvalue weighted by atomic mass is 15.0. The van der Waals surface area contributed by atoms with Crippen LogP contribution in [0, 0.1) is 12.1 Å². The molecular weight excluding hydrogens is 621 g/mol. The van der Waals surface area contributed by atoms with Crippen LogP contribution < -0.4 is 0 Å². The molecule has 10 rings (SSSR count). The standard InChI is InChI=1S/C47H28N4/c1-3-11-31(12-4-1)46-37-16-7-8-17-38(37)47(32-13-5-2-6-14-32)40-27-33(19-22-39(40)46)34-20-23-42(49-28-34)43-24-21-35(29-50-43)51-44-18-10-9-15-36(44)41-30-48-26-25-45(41)51/h1-5,7-13,15-30H. The minimum absolute atomic E-state index is 0.823. The quantitative estimate of drug-likeness (QED) is 0.174. The number of fused-ring (bicyclic) bond motifs is 5. The summed E-state index contributed by atoms with van der Waals surface area (Å²) in [6.07, 6.45) is 7.65. The van der Waals surface area contributed by atoms with Crippen LogP contribution in [0.4, 0.5) is 0 Å². The first-order valence-corrected chi connectivity index (χ1v) is 17.0. The molecule has 0 amide bonds. The molecule has 0 aliphatic heterocycles. The van der Waals surface area contributed by atoms with Gasteiger partial charge in [0.1, 0.15) is 0 Å². The van der Waals surface area contributed by atoms with Crippen molar-refractivity contribution in [3.05, 3.63) is 183 Å². The zero-order valence-corrected chi connectivity index (χ0v) is 27.5. The molecule has 236 valence electrons. The number of aromatic nitrogens is 4. The van der Waals surface area contributed by atoms with Crippen LogP contribution in [0.3, 0.4) is 0 Å². The van der Waals surface area contributed by atoms with Gasteiger partial charge in [-0.2, -0.15) is 0 Å². The Morgan fingerprint density at radius 1 is 0.451 bits per heavy atom. The van der Waals surface area contributed by atoms with Crippen LogP contribution >= 0.6 is 0 Å². The molecule has 0 bridgehead atoms. The minimum atomic E-state index is 0.823. The molecule has 0 saturated heterocycles. The van der Waals surface area contributed by atoms with Gasteiger partial charge in [0, 0.05) is 46.1 Å². The van der Waals surface area contributed by atoms with Gasteiger partial charge in [-0.25, -0.2) is 0 Å². The Hall–Kier alpha value is -7.09. The summed E-state index contributed by atoms with van der Waals surface area (Å²) in [5.41, 5.74) is 11.6. The van der Waals surface area contributed by atoms with Gasteiger partial charge in [-0.3, -0.25) is 15.0 Å². The van der Waals surface area contributed by atoms with Crippen LogP contribution in [0.1, 0.15) is 0 Å². The third-order valence-corrected chi connectivity index (χ3v) is 9.84. The number of rotatable bonds is 5. The Balaban J connectivity index is 1.06. The molecule has 0 spiro atoms. The number of hydrogen-bond donors (Lipinski definition) is 0. The van der Waals surface area contributed by atoms with Crippen molar-refractivity contribution < 1.29 is 0 Å². The van der Waals surface area contributed by atoms with E-state index in [9.17, 15) is 0 Å². The van der Waals surface area contributed by atoms with Gasteiger partial charge in [-0.1, -0.05) is 109 Å². The molecule has 10 aromatic rings. The lowest BCUT2D eigenvalue weighted by molar-refractivity contribution is 1.13.